The van der Waals surface area contributed by atoms with Crippen LogP contribution >= 0.6 is 0 Å². The third kappa shape index (κ3) is 2.45. The second-order valence-corrected chi connectivity index (χ2v) is 5.81. The Labute approximate surface area is 130 Å². The van der Waals surface area contributed by atoms with E-state index < -0.39 is 5.41 Å². The molecule has 1 fully saturated rings. The Kier molecular flexibility index (Phi) is 3.84. The second kappa shape index (κ2) is 5.79. The number of para-hydroxylation sites is 1. The second-order valence-electron chi connectivity index (χ2n) is 5.81. The van der Waals surface area contributed by atoms with Crippen molar-refractivity contribution in [3.63, 3.8) is 0 Å². The van der Waals surface area contributed by atoms with Gasteiger partial charge in [0.15, 0.2) is 0 Å². The molecule has 0 radical (unpaired) electrons. The van der Waals surface area contributed by atoms with Crippen LogP contribution in [0.3, 0.4) is 0 Å². The monoisotopic (exact) mass is 296 g/mol. The van der Waals surface area contributed by atoms with Gasteiger partial charge in [0.25, 0.3) is 0 Å². The maximum atomic E-state index is 12.9. The lowest BCUT2D eigenvalue weighted by molar-refractivity contribution is -0.124. The van der Waals surface area contributed by atoms with Crippen molar-refractivity contribution in [2.24, 2.45) is 0 Å². The fourth-order valence-electron chi connectivity index (χ4n) is 3.03. The number of nitrogens with one attached hydrogen (secondary N) is 1. The Hall–Kier alpha value is -2.36. The Balaban J connectivity index is 1.91. The maximum Gasteiger partial charge on any atom is 0.236 e. The zero-order valence-corrected chi connectivity index (χ0v) is 12.9. The van der Waals surface area contributed by atoms with Crippen LogP contribution in [-0.4, -0.2) is 18.0 Å². The first-order valence-corrected chi connectivity index (χ1v) is 7.53. The van der Waals surface area contributed by atoms with E-state index in [1.807, 2.05) is 43.3 Å². The van der Waals surface area contributed by atoms with Gasteiger partial charge >= 0.3 is 0 Å². The highest BCUT2D eigenvalue weighted by Gasteiger charge is 2.47. The number of anilines is 1. The van der Waals surface area contributed by atoms with Crippen molar-refractivity contribution in [1.29, 1.82) is 0 Å². The molecule has 4 nitrogen and oxygen atoms in total. The minimum Gasteiger partial charge on any atom is -0.496 e. The molecular weight excluding hydrogens is 276 g/mol. The number of pyridine rings is 1. The van der Waals surface area contributed by atoms with Crippen molar-refractivity contribution in [1.82, 2.24) is 4.98 Å². The van der Waals surface area contributed by atoms with Crippen LogP contribution in [0.2, 0.25) is 0 Å². The molecule has 1 amide bonds. The summed E-state index contributed by atoms with van der Waals surface area (Å²) in [5, 5.41) is 2.97. The van der Waals surface area contributed by atoms with Crippen molar-refractivity contribution in [3.8, 4) is 5.75 Å². The summed E-state index contributed by atoms with van der Waals surface area (Å²) in [5.41, 5.74) is 1.54. The van der Waals surface area contributed by atoms with Gasteiger partial charge in [0.05, 0.1) is 12.5 Å². The van der Waals surface area contributed by atoms with Crippen LogP contribution in [0, 0.1) is 6.92 Å². The van der Waals surface area contributed by atoms with Crippen LogP contribution in [0.1, 0.15) is 30.4 Å². The Morgan fingerprint density at radius 3 is 2.68 bits per heavy atom. The number of nitrogens with zero attached hydrogens (tertiary/aromatic N) is 1. The molecule has 0 spiro atoms. The molecule has 3 rings (SSSR count). The number of ether oxygens (including phenoxy) is 1. The molecule has 1 heterocycles. The highest BCUT2D eigenvalue weighted by Crippen LogP contribution is 2.47. The number of carbonyl (C=O) groups is 1. The van der Waals surface area contributed by atoms with Gasteiger partial charge in [-0.2, -0.15) is 0 Å². The number of carbonyl (C=O) groups excluding carboxylic acids is 1. The summed E-state index contributed by atoms with van der Waals surface area (Å²) in [6, 6.07) is 11.6. The van der Waals surface area contributed by atoms with Gasteiger partial charge in [0.2, 0.25) is 5.91 Å². The highest BCUT2D eigenvalue weighted by molar-refractivity contribution is 5.99. The van der Waals surface area contributed by atoms with E-state index in [1.54, 1.807) is 13.3 Å². The summed E-state index contributed by atoms with van der Waals surface area (Å²) in [7, 11) is 1.64. The summed E-state index contributed by atoms with van der Waals surface area (Å²) in [4.78, 5) is 17.1. The Morgan fingerprint density at radius 2 is 2.05 bits per heavy atom. The summed E-state index contributed by atoms with van der Waals surface area (Å²) in [6.07, 6.45) is 4.43. The van der Waals surface area contributed by atoms with E-state index in [0.29, 0.717) is 5.82 Å². The fourth-order valence-corrected chi connectivity index (χ4v) is 3.03. The van der Waals surface area contributed by atoms with Gasteiger partial charge in [0.1, 0.15) is 11.6 Å². The molecule has 0 saturated heterocycles. The number of hydrogen-bond acceptors (Lipinski definition) is 3. The summed E-state index contributed by atoms with van der Waals surface area (Å²) < 4.78 is 5.45. The van der Waals surface area contributed by atoms with Crippen LogP contribution in [0.25, 0.3) is 0 Å². The first-order valence-electron chi connectivity index (χ1n) is 7.53. The van der Waals surface area contributed by atoms with Crippen LogP contribution in [0.5, 0.6) is 5.75 Å². The molecule has 22 heavy (non-hydrogen) atoms. The van der Waals surface area contributed by atoms with Gasteiger partial charge in [-0.1, -0.05) is 24.6 Å². The van der Waals surface area contributed by atoms with Crippen LogP contribution in [0.15, 0.2) is 42.6 Å². The predicted molar refractivity (Wildman–Crippen MR) is 86.1 cm³/mol. The molecule has 0 atom stereocenters. The van der Waals surface area contributed by atoms with Crippen LogP contribution in [-0.2, 0) is 10.2 Å². The number of aryl methyl sites for hydroxylation is 1. The standard InChI is InChI=1S/C18H20N2O2/c1-13-8-11-19-16(12-13)20-17(21)18(9-5-10-18)14-6-3-4-7-15(14)22-2/h3-4,6-8,11-12H,5,9-10H2,1-2H3,(H,19,20,21). The molecule has 1 saturated carbocycles. The van der Waals surface area contributed by atoms with Gasteiger partial charge in [-0.05, 0) is 43.5 Å². The number of aromatic nitrogens is 1. The number of benzene rings is 1. The average molecular weight is 296 g/mol. The van der Waals surface area contributed by atoms with Crippen molar-refractivity contribution >= 4 is 11.7 Å². The Morgan fingerprint density at radius 1 is 1.27 bits per heavy atom. The fraction of sp³-hybridized carbons (Fsp3) is 0.333. The van der Waals surface area contributed by atoms with E-state index in [0.717, 1.165) is 36.1 Å². The molecule has 1 aromatic carbocycles. The molecule has 114 valence electrons. The van der Waals surface area contributed by atoms with Gasteiger partial charge in [-0.25, -0.2) is 4.98 Å². The van der Waals surface area contributed by atoms with E-state index in [2.05, 4.69) is 10.3 Å². The summed E-state index contributed by atoms with van der Waals surface area (Å²) in [5.74, 6) is 1.38. The lowest BCUT2D eigenvalue weighted by Crippen LogP contribution is -2.46. The zero-order chi connectivity index (χ0) is 15.6. The van der Waals surface area contributed by atoms with Crippen molar-refractivity contribution in [2.75, 3.05) is 12.4 Å². The summed E-state index contributed by atoms with van der Waals surface area (Å²) >= 11 is 0. The molecule has 4 heteroatoms. The molecule has 0 aliphatic heterocycles. The normalized spacial score (nSPS) is 15.7. The van der Waals surface area contributed by atoms with Gasteiger partial charge < -0.3 is 10.1 Å². The summed E-state index contributed by atoms with van der Waals surface area (Å²) in [6.45, 7) is 1.98. The molecule has 2 aromatic rings. The minimum atomic E-state index is -0.502. The predicted octanol–water partition coefficient (Wildman–Crippen LogP) is 3.46. The van der Waals surface area contributed by atoms with E-state index in [1.165, 1.54) is 0 Å². The number of hydrogen-bond donors (Lipinski definition) is 1. The number of methoxy groups -OCH3 is 1. The van der Waals surface area contributed by atoms with Gasteiger partial charge in [-0.3, -0.25) is 4.79 Å². The largest absolute Gasteiger partial charge is 0.496 e. The topological polar surface area (TPSA) is 51.2 Å². The number of rotatable bonds is 4. The minimum absolute atomic E-state index is 0.00125. The van der Waals surface area contributed by atoms with Crippen molar-refractivity contribution < 1.29 is 9.53 Å². The van der Waals surface area contributed by atoms with Crippen LogP contribution in [0.4, 0.5) is 5.82 Å². The lowest BCUT2D eigenvalue weighted by atomic mass is 9.63. The molecule has 0 bridgehead atoms. The van der Waals surface area contributed by atoms with Crippen LogP contribution < -0.4 is 10.1 Å². The first kappa shape index (κ1) is 14.6. The van der Waals surface area contributed by atoms with Crippen molar-refractivity contribution in [2.45, 2.75) is 31.6 Å². The quantitative estimate of drug-likeness (QED) is 0.940. The molecule has 1 aliphatic carbocycles. The average Bonchev–Trinajstić information content (AvgIpc) is 2.46. The van der Waals surface area contributed by atoms with E-state index in [-0.39, 0.29) is 5.91 Å². The Bertz CT molecular complexity index is 693. The van der Waals surface area contributed by atoms with E-state index >= 15 is 0 Å². The van der Waals surface area contributed by atoms with E-state index in [4.69, 9.17) is 4.74 Å². The smallest absolute Gasteiger partial charge is 0.236 e. The first-order chi connectivity index (χ1) is 10.7. The highest BCUT2D eigenvalue weighted by atomic mass is 16.5. The van der Waals surface area contributed by atoms with Gasteiger partial charge in [-0.15, -0.1) is 0 Å². The maximum absolute atomic E-state index is 12.9. The third-order valence-corrected chi connectivity index (χ3v) is 4.42. The molecule has 1 N–H and O–H groups in total. The third-order valence-electron chi connectivity index (χ3n) is 4.42. The van der Waals surface area contributed by atoms with Crippen molar-refractivity contribution in [3.05, 3.63) is 53.7 Å². The molecule has 0 unspecified atom stereocenters. The molecule has 1 aromatic heterocycles. The molecule has 1 aliphatic rings. The number of amides is 1. The van der Waals surface area contributed by atoms with E-state index in [9.17, 15) is 4.79 Å². The molecular formula is C18H20N2O2. The SMILES string of the molecule is COc1ccccc1C1(C(=O)Nc2cc(C)ccn2)CCC1. The lowest BCUT2D eigenvalue weighted by Gasteiger charge is -2.41. The zero-order valence-electron chi connectivity index (χ0n) is 12.9. The van der Waals surface area contributed by atoms with Gasteiger partial charge in [0, 0.05) is 11.8 Å².